The first kappa shape index (κ1) is 27.1. The number of aliphatic hydroxyl groups excluding tert-OH is 1. The summed E-state index contributed by atoms with van der Waals surface area (Å²) in [6, 6.07) is 8.84. The Morgan fingerprint density at radius 1 is 1.21 bits per heavy atom. The van der Waals surface area contributed by atoms with E-state index in [-0.39, 0.29) is 12.1 Å². The quantitative estimate of drug-likeness (QED) is 0.251. The maximum atomic E-state index is 12.9. The molecule has 3 aromatic heterocycles. The molecule has 1 aliphatic rings. The van der Waals surface area contributed by atoms with Gasteiger partial charge in [-0.25, -0.2) is 4.98 Å². The zero-order chi connectivity index (χ0) is 27.5. The number of H-pyrrole nitrogens is 3. The van der Waals surface area contributed by atoms with E-state index in [1.807, 2.05) is 13.0 Å². The van der Waals surface area contributed by atoms with E-state index in [1.165, 1.54) is 6.42 Å². The van der Waals surface area contributed by atoms with Crippen molar-refractivity contribution in [1.82, 2.24) is 24.8 Å². The van der Waals surface area contributed by atoms with Gasteiger partial charge in [-0.05, 0) is 36.6 Å². The Labute approximate surface area is 232 Å². The number of aryl methyl sites for hydroxylation is 1. The van der Waals surface area contributed by atoms with Crippen LogP contribution in [0.25, 0.3) is 22.6 Å². The van der Waals surface area contributed by atoms with Crippen LogP contribution < -0.4 is 20.8 Å². The highest BCUT2D eigenvalue weighted by Gasteiger charge is 2.27. The van der Waals surface area contributed by atoms with Gasteiger partial charge in [0.1, 0.15) is 16.8 Å². The molecule has 10 nitrogen and oxygen atoms in total. The van der Waals surface area contributed by atoms with Gasteiger partial charge in [0, 0.05) is 37.4 Å². The Morgan fingerprint density at radius 2 is 2.00 bits per heavy atom. The molecule has 0 saturated carbocycles. The molecule has 1 aliphatic heterocycles. The Morgan fingerprint density at radius 3 is 2.74 bits per heavy atom. The number of imidazole rings is 1. The Balaban J connectivity index is 1.37. The van der Waals surface area contributed by atoms with Crippen molar-refractivity contribution in [3.8, 4) is 11.4 Å². The van der Waals surface area contributed by atoms with E-state index in [2.05, 4.69) is 43.9 Å². The van der Waals surface area contributed by atoms with E-state index in [4.69, 9.17) is 21.6 Å². The summed E-state index contributed by atoms with van der Waals surface area (Å²) in [6.07, 6.45) is 1.96. The third-order valence-corrected chi connectivity index (χ3v) is 7.66. The van der Waals surface area contributed by atoms with Gasteiger partial charge in [-0.3, -0.25) is 14.6 Å². The average Bonchev–Trinajstić information content (AvgIpc) is 3.36. The van der Waals surface area contributed by atoms with Gasteiger partial charge in [0.25, 0.3) is 11.2 Å². The number of hydrogen-bond acceptors (Lipinski definition) is 7. The number of halogens is 1. The number of nitrogens with one attached hydrogen (secondary N) is 4. The van der Waals surface area contributed by atoms with Crippen molar-refractivity contribution in [3.63, 3.8) is 0 Å². The minimum absolute atomic E-state index is 0.191. The molecule has 0 bridgehead atoms. The van der Waals surface area contributed by atoms with Gasteiger partial charge in [-0.1, -0.05) is 44.0 Å². The number of aliphatic hydroxyl groups is 1. The van der Waals surface area contributed by atoms with Crippen LogP contribution in [0.15, 0.2) is 41.3 Å². The molecule has 1 fully saturated rings. The molecule has 1 unspecified atom stereocenters. The maximum absolute atomic E-state index is 12.9. The van der Waals surface area contributed by atoms with Gasteiger partial charge < -0.3 is 20.4 Å². The number of aromatic nitrogens is 5. The molecular formula is C28H36ClN8O2+. The molecule has 39 heavy (non-hydrogen) atoms. The Hall–Kier alpha value is -3.47. The Kier molecular flexibility index (Phi) is 8.15. The lowest BCUT2D eigenvalue weighted by molar-refractivity contribution is -0.338. The highest BCUT2D eigenvalue weighted by Crippen LogP contribution is 2.26. The summed E-state index contributed by atoms with van der Waals surface area (Å²) in [5, 5.41) is 14.4. The van der Waals surface area contributed by atoms with Crippen molar-refractivity contribution in [2.24, 2.45) is 5.92 Å². The minimum atomic E-state index is -0.806. The molecule has 1 saturated heterocycles. The molecular weight excluding hydrogens is 516 g/mol. The van der Waals surface area contributed by atoms with Crippen molar-refractivity contribution in [2.75, 3.05) is 49.5 Å². The normalized spacial score (nSPS) is 16.0. The summed E-state index contributed by atoms with van der Waals surface area (Å²) in [5.74, 6) is 1.90. The molecule has 11 heteroatoms. The van der Waals surface area contributed by atoms with Crippen LogP contribution in [0.5, 0.6) is 0 Å². The highest BCUT2D eigenvalue weighted by molar-refractivity contribution is 6.30. The molecule has 0 amide bonds. The number of fused-ring (bicyclic) bond motifs is 1. The molecule has 0 aliphatic carbocycles. The smallest absolute Gasteiger partial charge is 0.347 e. The molecule has 206 valence electrons. The standard InChI is InChI=1S/C28H35ClN8O2/c1-4-17(2)16-36-10-12-37(13-11-36)28-32-18(3)24-26(35-28)34-25(33-24)23-21(8-9-30-27(23)39)31-15-22(38)19-6-5-7-20(29)14-19/h5-9,14,17,22,38H,4,10-13,15-16H2,1-3H3,(H2,30,31,39)(H,32,33,34,35)/p+1/t17?,22-/m1/s1. The van der Waals surface area contributed by atoms with Crippen LogP contribution >= 0.6 is 11.6 Å². The van der Waals surface area contributed by atoms with E-state index in [0.29, 0.717) is 39.2 Å². The lowest BCUT2D eigenvalue weighted by Crippen LogP contribution is -2.49. The largest absolute Gasteiger partial charge is 0.387 e. The molecule has 5 rings (SSSR count). The van der Waals surface area contributed by atoms with Crippen molar-refractivity contribution >= 4 is 34.4 Å². The van der Waals surface area contributed by atoms with Gasteiger partial charge in [-0.15, -0.1) is 9.97 Å². The van der Waals surface area contributed by atoms with Gasteiger partial charge in [-0.2, -0.15) is 0 Å². The van der Waals surface area contributed by atoms with E-state index >= 15 is 0 Å². The van der Waals surface area contributed by atoms with Crippen molar-refractivity contribution in [1.29, 1.82) is 0 Å². The molecule has 2 atom stereocenters. The first-order chi connectivity index (χ1) is 18.8. The van der Waals surface area contributed by atoms with Gasteiger partial charge in [0.15, 0.2) is 0 Å². The molecule has 5 N–H and O–H groups in total. The fourth-order valence-electron chi connectivity index (χ4n) is 4.95. The topological polar surface area (TPSA) is 127 Å². The van der Waals surface area contributed by atoms with Crippen molar-refractivity contribution in [2.45, 2.75) is 33.3 Å². The predicted molar refractivity (Wildman–Crippen MR) is 154 cm³/mol. The summed E-state index contributed by atoms with van der Waals surface area (Å²) >= 11 is 6.07. The van der Waals surface area contributed by atoms with Crippen molar-refractivity contribution in [3.05, 3.63) is 63.2 Å². The SMILES string of the molecule is CCC(C)CN1CCN(c2nc(C)c3[nH]c(-c4c(NC[C@@H](O)c5cccc(Cl)c5)cc[nH]c4=O)nc3[nH+]2)CC1. The third-order valence-electron chi connectivity index (χ3n) is 7.42. The fraction of sp³-hybridized carbons (Fsp3) is 0.429. The maximum Gasteiger partial charge on any atom is 0.347 e. The van der Waals surface area contributed by atoms with E-state index in [1.54, 1.807) is 30.5 Å². The van der Waals surface area contributed by atoms with E-state index in [0.717, 1.165) is 49.9 Å². The van der Waals surface area contributed by atoms with Crippen LogP contribution in [0.2, 0.25) is 5.02 Å². The van der Waals surface area contributed by atoms with Crippen LogP contribution in [0, 0.1) is 12.8 Å². The molecule has 0 radical (unpaired) electrons. The molecule has 4 aromatic rings. The molecule has 0 spiro atoms. The summed E-state index contributed by atoms with van der Waals surface area (Å²) in [7, 11) is 0. The van der Waals surface area contributed by atoms with Gasteiger partial charge in [0.05, 0.1) is 24.9 Å². The summed E-state index contributed by atoms with van der Waals surface area (Å²) in [6.45, 7) is 11.6. The number of benzene rings is 1. The lowest BCUT2D eigenvalue weighted by atomic mass is 10.1. The number of anilines is 2. The lowest BCUT2D eigenvalue weighted by Gasteiger charge is -2.33. The number of nitrogens with zero attached hydrogens (tertiary/aromatic N) is 4. The average molecular weight is 552 g/mol. The number of pyridine rings is 1. The minimum Gasteiger partial charge on any atom is -0.387 e. The third kappa shape index (κ3) is 6.08. The number of hydrogen-bond donors (Lipinski definition) is 4. The number of aromatic amines is 3. The van der Waals surface area contributed by atoms with Crippen LogP contribution in [0.4, 0.5) is 11.6 Å². The monoisotopic (exact) mass is 551 g/mol. The van der Waals surface area contributed by atoms with E-state index in [9.17, 15) is 9.90 Å². The zero-order valence-electron chi connectivity index (χ0n) is 22.6. The van der Waals surface area contributed by atoms with Crippen LogP contribution in [-0.4, -0.2) is 69.2 Å². The van der Waals surface area contributed by atoms with Crippen LogP contribution in [0.1, 0.15) is 37.6 Å². The summed E-state index contributed by atoms with van der Waals surface area (Å²) in [5.41, 5.74) is 3.51. The molecule has 1 aromatic carbocycles. The van der Waals surface area contributed by atoms with Crippen LogP contribution in [-0.2, 0) is 0 Å². The summed E-state index contributed by atoms with van der Waals surface area (Å²) in [4.78, 5) is 36.7. The van der Waals surface area contributed by atoms with Crippen LogP contribution in [0.3, 0.4) is 0 Å². The molecule has 4 heterocycles. The van der Waals surface area contributed by atoms with E-state index < -0.39 is 6.10 Å². The zero-order valence-corrected chi connectivity index (χ0v) is 23.3. The highest BCUT2D eigenvalue weighted by atomic mass is 35.5. The van der Waals surface area contributed by atoms with Crippen molar-refractivity contribution < 1.29 is 10.1 Å². The predicted octanol–water partition coefficient (Wildman–Crippen LogP) is 3.40. The second kappa shape index (κ2) is 11.7. The second-order valence-corrected chi connectivity index (χ2v) is 10.7. The number of piperazine rings is 1. The van der Waals surface area contributed by atoms with Gasteiger partial charge >= 0.3 is 5.95 Å². The summed E-state index contributed by atoms with van der Waals surface area (Å²) < 4.78 is 0. The first-order valence-corrected chi connectivity index (χ1v) is 13.9. The second-order valence-electron chi connectivity index (χ2n) is 10.3. The first-order valence-electron chi connectivity index (χ1n) is 13.5. The number of rotatable bonds is 9. The Bertz CT molecular complexity index is 1490. The fourth-order valence-corrected chi connectivity index (χ4v) is 5.15. The van der Waals surface area contributed by atoms with Gasteiger partial charge in [0.2, 0.25) is 5.82 Å².